The Labute approximate surface area is 86.7 Å². The zero-order valence-electron chi connectivity index (χ0n) is 7.88. The van der Waals surface area contributed by atoms with Gasteiger partial charge in [-0.2, -0.15) is 5.26 Å². The molecular formula is C11H8N2O2. The molecule has 0 aliphatic rings. The number of hydrogen-bond donors (Lipinski definition) is 0. The molecule has 0 spiro atoms. The highest BCUT2D eigenvalue weighted by Crippen LogP contribution is 2.14. The predicted molar refractivity (Wildman–Crippen MR) is 52.0 cm³/mol. The molecule has 2 aromatic rings. The normalized spacial score (nSPS) is 9.53. The molecule has 0 aromatic carbocycles. The first kappa shape index (κ1) is 9.28. The monoisotopic (exact) mass is 200 g/mol. The first-order valence-electron chi connectivity index (χ1n) is 4.40. The van der Waals surface area contributed by atoms with Crippen LogP contribution >= 0.6 is 0 Å². The lowest BCUT2D eigenvalue weighted by molar-refractivity contribution is 0.260. The van der Waals surface area contributed by atoms with Crippen molar-refractivity contribution in [1.82, 2.24) is 4.98 Å². The van der Waals surface area contributed by atoms with Crippen molar-refractivity contribution in [1.29, 1.82) is 5.26 Å². The van der Waals surface area contributed by atoms with E-state index >= 15 is 0 Å². The molecule has 0 radical (unpaired) electrons. The van der Waals surface area contributed by atoms with Crippen molar-refractivity contribution >= 4 is 0 Å². The molecule has 0 atom stereocenters. The number of nitrogens with zero attached hydrogens (tertiary/aromatic N) is 2. The number of aromatic nitrogens is 1. The Morgan fingerprint density at radius 2 is 2.33 bits per heavy atom. The summed E-state index contributed by atoms with van der Waals surface area (Å²) < 4.78 is 10.4. The highest BCUT2D eigenvalue weighted by Gasteiger charge is 2.04. The summed E-state index contributed by atoms with van der Waals surface area (Å²) in [4.78, 5) is 3.96. The Hall–Kier alpha value is -2.28. The van der Waals surface area contributed by atoms with Crippen molar-refractivity contribution in [3.8, 4) is 11.9 Å². The van der Waals surface area contributed by atoms with Crippen LogP contribution in [0.3, 0.4) is 0 Å². The largest absolute Gasteiger partial charge is 0.469 e. The topological polar surface area (TPSA) is 59.0 Å². The first-order valence-corrected chi connectivity index (χ1v) is 4.40. The van der Waals surface area contributed by atoms with Gasteiger partial charge >= 0.3 is 0 Å². The summed E-state index contributed by atoms with van der Waals surface area (Å²) in [5.41, 5.74) is 0.420. The Bertz CT molecular complexity index is 472. The SMILES string of the molecule is N#Cc1cccnc1OCc1ccco1. The van der Waals surface area contributed by atoms with Gasteiger partial charge in [0.15, 0.2) is 0 Å². The predicted octanol–water partition coefficient (Wildman–Crippen LogP) is 2.13. The van der Waals surface area contributed by atoms with Gasteiger partial charge in [0.2, 0.25) is 5.88 Å². The number of pyridine rings is 1. The van der Waals surface area contributed by atoms with Crippen LogP contribution in [0.4, 0.5) is 0 Å². The fourth-order valence-corrected chi connectivity index (χ4v) is 1.13. The molecule has 0 bridgehead atoms. The first-order chi connectivity index (χ1) is 7.40. The molecule has 4 heteroatoms. The molecule has 74 valence electrons. The maximum absolute atomic E-state index is 8.78. The number of hydrogen-bond acceptors (Lipinski definition) is 4. The van der Waals surface area contributed by atoms with E-state index in [0.29, 0.717) is 17.2 Å². The number of rotatable bonds is 3. The maximum Gasteiger partial charge on any atom is 0.232 e. The molecule has 0 N–H and O–H groups in total. The standard InChI is InChI=1S/C11H8N2O2/c12-7-9-3-1-5-13-11(9)15-8-10-4-2-6-14-10/h1-6H,8H2. The van der Waals surface area contributed by atoms with Crippen LogP contribution in [0.5, 0.6) is 5.88 Å². The molecule has 0 fully saturated rings. The number of ether oxygens (including phenoxy) is 1. The zero-order chi connectivity index (χ0) is 10.5. The minimum Gasteiger partial charge on any atom is -0.469 e. The molecule has 2 rings (SSSR count). The maximum atomic E-state index is 8.78. The van der Waals surface area contributed by atoms with Gasteiger partial charge in [-0.1, -0.05) is 0 Å². The Kier molecular flexibility index (Phi) is 2.65. The average molecular weight is 200 g/mol. The van der Waals surface area contributed by atoms with Gasteiger partial charge in [-0.05, 0) is 24.3 Å². The smallest absolute Gasteiger partial charge is 0.232 e. The minimum atomic E-state index is 0.276. The van der Waals surface area contributed by atoms with Crippen LogP contribution < -0.4 is 4.74 Å². The van der Waals surface area contributed by atoms with Gasteiger partial charge in [0.05, 0.1) is 6.26 Å². The summed E-state index contributed by atoms with van der Waals surface area (Å²) in [7, 11) is 0. The van der Waals surface area contributed by atoms with E-state index in [0.717, 1.165) is 0 Å². The second-order valence-electron chi connectivity index (χ2n) is 2.84. The van der Waals surface area contributed by atoms with Gasteiger partial charge in [-0.3, -0.25) is 0 Å². The third-order valence-electron chi connectivity index (χ3n) is 1.82. The number of furan rings is 1. The third kappa shape index (κ3) is 2.15. The van der Waals surface area contributed by atoms with Gasteiger partial charge in [0, 0.05) is 6.20 Å². The van der Waals surface area contributed by atoms with Gasteiger partial charge in [0.1, 0.15) is 24.0 Å². The fraction of sp³-hybridized carbons (Fsp3) is 0.0909. The molecular weight excluding hydrogens is 192 g/mol. The van der Waals surface area contributed by atoms with E-state index in [1.807, 2.05) is 6.07 Å². The molecule has 0 unspecified atom stereocenters. The zero-order valence-corrected chi connectivity index (χ0v) is 7.88. The lowest BCUT2D eigenvalue weighted by Crippen LogP contribution is -1.97. The third-order valence-corrected chi connectivity index (χ3v) is 1.82. The molecule has 0 saturated heterocycles. The van der Waals surface area contributed by atoms with Gasteiger partial charge in [0.25, 0.3) is 0 Å². The summed E-state index contributed by atoms with van der Waals surface area (Å²) in [6, 6.07) is 8.94. The summed E-state index contributed by atoms with van der Waals surface area (Å²) in [5.74, 6) is 1.03. The minimum absolute atomic E-state index is 0.276. The quantitative estimate of drug-likeness (QED) is 0.761. The van der Waals surface area contributed by atoms with Crippen molar-refractivity contribution in [3.63, 3.8) is 0 Å². The van der Waals surface area contributed by atoms with Gasteiger partial charge in [-0.25, -0.2) is 4.98 Å². The highest BCUT2D eigenvalue weighted by molar-refractivity contribution is 5.36. The van der Waals surface area contributed by atoms with Crippen LogP contribution in [0.2, 0.25) is 0 Å². The van der Waals surface area contributed by atoms with E-state index in [2.05, 4.69) is 4.98 Å². The molecule has 0 saturated carbocycles. The van der Waals surface area contributed by atoms with Gasteiger partial charge in [-0.15, -0.1) is 0 Å². The van der Waals surface area contributed by atoms with E-state index in [1.54, 1.807) is 36.7 Å². The summed E-state index contributed by atoms with van der Waals surface area (Å²) >= 11 is 0. The van der Waals surface area contributed by atoms with Crippen LogP contribution in [0.1, 0.15) is 11.3 Å². The lowest BCUT2D eigenvalue weighted by Gasteiger charge is -2.03. The van der Waals surface area contributed by atoms with Crippen LogP contribution in [0.15, 0.2) is 41.1 Å². The van der Waals surface area contributed by atoms with Crippen LogP contribution in [0.25, 0.3) is 0 Å². The van der Waals surface area contributed by atoms with Crippen molar-refractivity contribution in [2.75, 3.05) is 0 Å². The van der Waals surface area contributed by atoms with Gasteiger partial charge < -0.3 is 9.15 Å². The van der Waals surface area contributed by atoms with E-state index in [1.165, 1.54) is 0 Å². The van der Waals surface area contributed by atoms with E-state index in [9.17, 15) is 0 Å². The van der Waals surface area contributed by atoms with Crippen molar-refractivity contribution in [2.24, 2.45) is 0 Å². The summed E-state index contributed by atoms with van der Waals surface area (Å²) in [5, 5.41) is 8.78. The van der Waals surface area contributed by atoms with Crippen molar-refractivity contribution < 1.29 is 9.15 Å². The summed E-state index contributed by atoms with van der Waals surface area (Å²) in [6.07, 6.45) is 3.15. The van der Waals surface area contributed by atoms with Crippen LogP contribution in [-0.2, 0) is 6.61 Å². The number of nitriles is 1. The van der Waals surface area contributed by atoms with Crippen molar-refractivity contribution in [2.45, 2.75) is 6.61 Å². The van der Waals surface area contributed by atoms with Crippen LogP contribution in [-0.4, -0.2) is 4.98 Å². The molecule has 0 aliphatic carbocycles. The summed E-state index contributed by atoms with van der Waals surface area (Å²) in [6.45, 7) is 0.276. The Morgan fingerprint density at radius 1 is 1.40 bits per heavy atom. The molecule has 4 nitrogen and oxygen atoms in total. The molecule has 2 heterocycles. The Morgan fingerprint density at radius 3 is 3.07 bits per heavy atom. The lowest BCUT2D eigenvalue weighted by atomic mass is 10.3. The van der Waals surface area contributed by atoms with E-state index in [-0.39, 0.29) is 6.61 Å². The average Bonchev–Trinajstić information content (AvgIpc) is 2.79. The fourth-order valence-electron chi connectivity index (χ4n) is 1.13. The molecule has 0 aliphatic heterocycles. The van der Waals surface area contributed by atoms with E-state index in [4.69, 9.17) is 14.4 Å². The Balaban J connectivity index is 2.08. The second-order valence-corrected chi connectivity index (χ2v) is 2.84. The van der Waals surface area contributed by atoms with Crippen LogP contribution in [0, 0.1) is 11.3 Å². The second kappa shape index (κ2) is 4.29. The molecule has 2 aromatic heterocycles. The highest BCUT2D eigenvalue weighted by atomic mass is 16.5. The molecule has 0 amide bonds. The van der Waals surface area contributed by atoms with Crippen molar-refractivity contribution in [3.05, 3.63) is 48.0 Å². The molecule has 15 heavy (non-hydrogen) atoms. The van der Waals surface area contributed by atoms with E-state index < -0.39 is 0 Å².